The standard InChI is InChI=1S/C5H2Cl2F7NO/c6-15(7)2(16)1-3(8,9)4(10,11)5(12,13)14/h1H2. The van der Waals surface area contributed by atoms with Crippen LogP contribution in [0.25, 0.3) is 0 Å². The van der Waals surface area contributed by atoms with E-state index in [-0.39, 0.29) is 0 Å². The third-order valence-corrected chi connectivity index (χ3v) is 1.75. The predicted molar refractivity (Wildman–Crippen MR) is 39.1 cm³/mol. The minimum atomic E-state index is -6.49. The van der Waals surface area contributed by atoms with E-state index in [0.717, 1.165) is 0 Å². The quantitative estimate of drug-likeness (QED) is 0.578. The summed E-state index contributed by atoms with van der Waals surface area (Å²) < 4.78 is 83.5. The van der Waals surface area contributed by atoms with Gasteiger partial charge in [0.05, 0.1) is 6.42 Å². The van der Waals surface area contributed by atoms with Crippen LogP contribution >= 0.6 is 23.6 Å². The summed E-state index contributed by atoms with van der Waals surface area (Å²) in [7, 11) is 0. The fourth-order valence-corrected chi connectivity index (χ4v) is 0.688. The van der Waals surface area contributed by atoms with E-state index in [4.69, 9.17) is 0 Å². The number of halogens is 9. The lowest BCUT2D eigenvalue weighted by atomic mass is 10.1. The van der Waals surface area contributed by atoms with Crippen molar-refractivity contribution in [1.29, 1.82) is 0 Å². The summed E-state index contributed by atoms with van der Waals surface area (Å²) >= 11 is 9.18. The molecule has 2 nitrogen and oxygen atoms in total. The molecule has 0 saturated carbocycles. The van der Waals surface area contributed by atoms with Gasteiger partial charge in [0, 0.05) is 23.6 Å². The van der Waals surface area contributed by atoms with Crippen molar-refractivity contribution in [3.8, 4) is 0 Å². The van der Waals surface area contributed by atoms with E-state index in [0.29, 0.717) is 0 Å². The van der Waals surface area contributed by atoms with Crippen LogP contribution in [0.2, 0.25) is 0 Å². The van der Waals surface area contributed by atoms with Crippen molar-refractivity contribution < 1.29 is 35.5 Å². The Morgan fingerprint density at radius 3 is 1.62 bits per heavy atom. The van der Waals surface area contributed by atoms with Crippen molar-refractivity contribution in [2.24, 2.45) is 0 Å². The Labute approximate surface area is 94.1 Å². The molecule has 0 aromatic rings. The van der Waals surface area contributed by atoms with Crippen LogP contribution in [0.15, 0.2) is 0 Å². The highest BCUT2D eigenvalue weighted by Crippen LogP contribution is 2.48. The van der Waals surface area contributed by atoms with Gasteiger partial charge in [-0.1, -0.05) is 0 Å². The Balaban J connectivity index is 4.99. The van der Waals surface area contributed by atoms with E-state index < -0.39 is 34.3 Å². The molecule has 0 rings (SSSR count). The molecule has 1 amide bonds. The average Bonchev–Trinajstić information content (AvgIpc) is 2.00. The molecule has 0 bridgehead atoms. The number of hydrogen-bond acceptors (Lipinski definition) is 1. The molecule has 16 heavy (non-hydrogen) atoms. The van der Waals surface area contributed by atoms with Gasteiger partial charge < -0.3 is 0 Å². The monoisotopic (exact) mass is 295 g/mol. The molecule has 0 aromatic heterocycles. The second kappa shape index (κ2) is 4.44. The molecule has 0 aliphatic carbocycles. The smallest absolute Gasteiger partial charge is 0.272 e. The zero-order valence-electron chi connectivity index (χ0n) is 6.96. The maximum Gasteiger partial charge on any atom is 0.459 e. The molecule has 0 N–H and O–H groups in total. The molecule has 0 atom stereocenters. The lowest BCUT2D eigenvalue weighted by molar-refractivity contribution is -0.353. The molecule has 0 heterocycles. The van der Waals surface area contributed by atoms with Crippen LogP contribution in [0, 0.1) is 0 Å². The van der Waals surface area contributed by atoms with Crippen LogP contribution in [-0.4, -0.2) is 27.9 Å². The summed E-state index contributed by atoms with van der Waals surface area (Å²) in [6.45, 7) is 0. The molecule has 96 valence electrons. The zero-order valence-corrected chi connectivity index (χ0v) is 8.48. The molecule has 0 saturated heterocycles. The fourth-order valence-electron chi connectivity index (χ4n) is 0.568. The Morgan fingerprint density at radius 2 is 1.38 bits per heavy atom. The van der Waals surface area contributed by atoms with Crippen LogP contribution in [0.5, 0.6) is 0 Å². The van der Waals surface area contributed by atoms with Gasteiger partial charge in [-0.3, -0.25) is 4.79 Å². The first-order valence-corrected chi connectivity index (χ1v) is 3.97. The normalized spacial score (nSPS) is 13.8. The van der Waals surface area contributed by atoms with E-state index >= 15 is 0 Å². The van der Waals surface area contributed by atoms with E-state index in [1.54, 1.807) is 0 Å². The molecular formula is C5H2Cl2F7NO. The number of carbonyl (C=O) groups excluding carboxylic acids is 1. The third kappa shape index (κ3) is 3.03. The van der Waals surface area contributed by atoms with Crippen LogP contribution in [0.3, 0.4) is 0 Å². The first kappa shape index (κ1) is 15.6. The number of rotatable bonds is 3. The van der Waals surface area contributed by atoms with Gasteiger partial charge in [0.15, 0.2) is 0 Å². The highest BCUT2D eigenvalue weighted by molar-refractivity contribution is 6.41. The maximum absolute atomic E-state index is 12.5. The van der Waals surface area contributed by atoms with Crippen molar-refractivity contribution in [2.75, 3.05) is 0 Å². The Bertz CT molecular complexity index is 276. The second-order valence-corrected chi connectivity index (χ2v) is 3.43. The fraction of sp³-hybridized carbons (Fsp3) is 0.800. The summed E-state index contributed by atoms with van der Waals surface area (Å²) in [6.07, 6.45) is -8.95. The minimum absolute atomic E-state index is 0.555. The maximum atomic E-state index is 12.5. The SMILES string of the molecule is O=C(CC(F)(F)C(F)(F)C(F)(F)F)N(Cl)Cl. The van der Waals surface area contributed by atoms with Crippen molar-refractivity contribution in [1.82, 2.24) is 3.94 Å². The van der Waals surface area contributed by atoms with E-state index in [9.17, 15) is 35.5 Å². The Morgan fingerprint density at radius 1 is 1.00 bits per heavy atom. The second-order valence-electron chi connectivity index (χ2n) is 2.58. The van der Waals surface area contributed by atoms with Gasteiger partial charge in [0.2, 0.25) is 0 Å². The summed E-state index contributed by atoms with van der Waals surface area (Å²) in [4.78, 5) is 10.4. The number of alkyl halides is 7. The summed E-state index contributed by atoms with van der Waals surface area (Å²) in [6, 6.07) is 0. The minimum Gasteiger partial charge on any atom is -0.272 e. The van der Waals surface area contributed by atoms with E-state index in [2.05, 4.69) is 23.6 Å². The van der Waals surface area contributed by atoms with Gasteiger partial charge in [0.25, 0.3) is 5.91 Å². The van der Waals surface area contributed by atoms with E-state index in [1.165, 1.54) is 0 Å². The molecule has 0 aliphatic heterocycles. The third-order valence-electron chi connectivity index (χ3n) is 1.38. The summed E-state index contributed by atoms with van der Waals surface area (Å²) in [5.41, 5.74) is 0. The van der Waals surface area contributed by atoms with Crippen molar-refractivity contribution in [3.05, 3.63) is 0 Å². The van der Waals surface area contributed by atoms with Crippen LogP contribution in [0.1, 0.15) is 6.42 Å². The lowest BCUT2D eigenvalue weighted by Crippen LogP contribution is -2.53. The van der Waals surface area contributed by atoms with E-state index in [1.807, 2.05) is 0 Å². The lowest BCUT2D eigenvalue weighted by Gasteiger charge is -2.27. The summed E-state index contributed by atoms with van der Waals surface area (Å²) in [5, 5.41) is 0. The Hall–Kier alpha value is -0.440. The van der Waals surface area contributed by atoms with Crippen LogP contribution < -0.4 is 0 Å². The van der Waals surface area contributed by atoms with Crippen molar-refractivity contribution in [3.63, 3.8) is 0 Å². The highest BCUT2D eigenvalue weighted by Gasteiger charge is 2.73. The number of nitrogens with zero attached hydrogens (tertiary/aromatic N) is 1. The number of amides is 1. The first-order valence-electron chi connectivity index (χ1n) is 3.30. The first-order chi connectivity index (χ1) is 6.83. The molecule has 0 aromatic carbocycles. The van der Waals surface area contributed by atoms with Gasteiger partial charge in [-0.05, 0) is 0 Å². The topological polar surface area (TPSA) is 20.3 Å². The van der Waals surface area contributed by atoms with Gasteiger partial charge in [-0.2, -0.15) is 34.7 Å². The van der Waals surface area contributed by atoms with Crippen LogP contribution in [-0.2, 0) is 4.79 Å². The van der Waals surface area contributed by atoms with Gasteiger partial charge >= 0.3 is 18.0 Å². The number of hydrogen-bond donors (Lipinski definition) is 0. The molecular weight excluding hydrogens is 294 g/mol. The highest BCUT2D eigenvalue weighted by atomic mass is 35.5. The molecule has 0 fully saturated rings. The molecule has 0 radical (unpaired) electrons. The van der Waals surface area contributed by atoms with Crippen molar-refractivity contribution >= 4 is 29.5 Å². The average molecular weight is 296 g/mol. The van der Waals surface area contributed by atoms with Crippen LogP contribution in [0.4, 0.5) is 30.7 Å². The van der Waals surface area contributed by atoms with Gasteiger partial charge in [-0.25, -0.2) is 0 Å². The van der Waals surface area contributed by atoms with Gasteiger partial charge in [-0.15, -0.1) is 0 Å². The molecule has 11 heteroatoms. The molecule has 0 aliphatic rings. The summed E-state index contributed by atoms with van der Waals surface area (Å²) in [5.74, 6) is -14.0. The largest absolute Gasteiger partial charge is 0.459 e. The number of carbonyl (C=O) groups is 1. The predicted octanol–water partition coefficient (Wildman–Crippen LogP) is 3.35. The van der Waals surface area contributed by atoms with Gasteiger partial charge in [0.1, 0.15) is 0 Å². The Kier molecular flexibility index (Phi) is 4.32. The molecule has 0 unspecified atom stereocenters. The molecule has 0 spiro atoms. The zero-order chi connectivity index (χ0) is 13.4. The van der Waals surface area contributed by atoms with Crippen molar-refractivity contribution in [2.45, 2.75) is 24.4 Å².